The Balaban J connectivity index is 1.95. The first-order valence-corrected chi connectivity index (χ1v) is 6.95. The fraction of sp³-hybridized carbons (Fsp3) is 0.467. The van der Waals surface area contributed by atoms with Crippen LogP contribution in [-0.2, 0) is 4.79 Å². The summed E-state index contributed by atoms with van der Waals surface area (Å²) in [5, 5.41) is 0. The molecular weight excluding hydrogens is 254 g/mol. The molecule has 0 aromatic heterocycles. The molecule has 1 saturated heterocycles. The summed E-state index contributed by atoms with van der Waals surface area (Å²) in [6, 6.07) is 7.38. The minimum Gasteiger partial charge on any atom is -0.304 e. The Morgan fingerprint density at radius 2 is 1.80 bits per heavy atom. The average molecular weight is 273 g/mol. The maximum absolute atomic E-state index is 12.6. The quantitative estimate of drug-likeness (QED) is 0.759. The minimum absolute atomic E-state index is 0.0420. The number of rotatable bonds is 1. The van der Waals surface area contributed by atoms with Gasteiger partial charge in [-0.05, 0) is 19.2 Å². The van der Waals surface area contributed by atoms with Crippen molar-refractivity contribution in [2.24, 2.45) is 0 Å². The molecule has 5 nitrogen and oxygen atoms in total. The maximum atomic E-state index is 12.6. The van der Waals surface area contributed by atoms with Gasteiger partial charge in [-0.25, -0.2) is 0 Å². The van der Waals surface area contributed by atoms with Gasteiger partial charge in [0.15, 0.2) is 6.17 Å². The van der Waals surface area contributed by atoms with E-state index < -0.39 is 6.17 Å². The first-order chi connectivity index (χ1) is 9.59. The molecule has 0 N–H and O–H groups in total. The van der Waals surface area contributed by atoms with Gasteiger partial charge in [-0.1, -0.05) is 12.1 Å². The van der Waals surface area contributed by atoms with Gasteiger partial charge in [-0.2, -0.15) is 0 Å². The minimum atomic E-state index is -0.460. The van der Waals surface area contributed by atoms with Crippen LogP contribution in [0.5, 0.6) is 0 Å². The van der Waals surface area contributed by atoms with Crippen LogP contribution in [0.2, 0.25) is 0 Å². The van der Waals surface area contributed by atoms with Crippen LogP contribution in [0.4, 0.5) is 5.69 Å². The van der Waals surface area contributed by atoms with Crippen molar-refractivity contribution >= 4 is 17.4 Å². The van der Waals surface area contributed by atoms with Crippen LogP contribution in [0, 0.1) is 0 Å². The average Bonchev–Trinajstić information content (AvgIpc) is 2.74. The monoisotopic (exact) mass is 273 g/mol. The van der Waals surface area contributed by atoms with Crippen molar-refractivity contribution in [2.75, 3.05) is 38.1 Å². The van der Waals surface area contributed by atoms with E-state index in [4.69, 9.17) is 0 Å². The van der Waals surface area contributed by atoms with E-state index in [-0.39, 0.29) is 11.7 Å². The molecule has 3 rings (SSSR count). The lowest BCUT2D eigenvalue weighted by molar-refractivity contribution is -0.117. The molecular formula is C15H19N3O2. The number of ketones is 1. The highest BCUT2D eigenvalue weighted by Crippen LogP contribution is 2.33. The van der Waals surface area contributed by atoms with E-state index >= 15 is 0 Å². The third kappa shape index (κ3) is 2.03. The lowest BCUT2D eigenvalue weighted by atomic mass is 10.1. The zero-order valence-corrected chi connectivity index (χ0v) is 11.9. The molecule has 106 valence electrons. The van der Waals surface area contributed by atoms with Crippen molar-refractivity contribution in [1.29, 1.82) is 0 Å². The second-order valence-corrected chi connectivity index (χ2v) is 5.48. The van der Waals surface area contributed by atoms with Crippen LogP contribution in [0.15, 0.2) is 24.3 Å². The second-order valence-electron chi connectivity index (χ2n) is 5.48. The molecule has 2 aliphatic rings. The molecule has 2 aliphatic heterocycles. The van der Waals surface area contributed by atoms with Crippen LogP contribution in [0.25, 0.3) is 0 Å². The highest BCUT2D eigenvalue weighted by atomic mass is 16.2. The molecule has 0 spiro atoms. The van der Waals surface area contributed by atoms with Crippen LogP contribution < -0.4 is 4.90 Å². The molecule has 2 heterocycles. The van der Waals surface area contributed by atoms with Gasteiger partial charge in [0.2, 0.25) is 11.7 Å². The van der Waals surface area contributed by atoms with Crippen molar-refractivity contribution in [2.45, 2.75) is 13.1 Å². The van der Waals surface area contributed by atoms with E-state index in [9.17, 15) is 9.59 Å². The van der Waals surface area contributed by atoms with Crippen LogP contribution in [0.3, 0.4) is 0 Å². The van der Waals surface area contributed by atoms with E-state index in [0.29, 0.717) is 5.56 Å². The molecule has 0 radical (unpaired) electrons. The number of fused-ring (bicyclic) bond motifs is 1. The lowest BCUT2D eigenvalue weighted by Crippen LogP contribution is -2.57. The molecule has 1 atom stereocenters. The second kappa shape index (κ2) is 5.00. The number of amides is 1. The van der Waals surface area contributed by atoms with Crippen molar-refractivity contribution in [3.05, 3.63) is 29.8 Å². The summed E-state index contributed by atoms with van der Waals surface area (Å²) in [5.41, 5.74) is 1.40. The molecule has 0 aliphatic carbocycles. The fourth-order valence-corrected chi connectivity index (χ4v) is 3.02. The Bertz CT molecular complexity index is 550. The van der Waals surface area contributed by atoms with Gasteiger partial charge in [0, 0.05) is 38.7 Å². The molecule has 1 aromatic carbocycles. The maximum Gasteiger partial charge on any atom is 0.225 e. The third-order valence-corrected chi connectivity index (χ3v) is 4.13. The van der Waals surface area contributed by atoms with Crippen LogP contribution in [0.1, 0.15) is 17.3 Å². The number of para-hydroxylation sites is 1. The normalized spacial score (nSPS) is 24.0. The van der Waals surface area contributed by atoms with Gasteiger partial charge in [-0.15, -0.1) is 0 Å². The van der Waals surface area contributed by atoms with Crippen LogP contribution >= 0.6 is 0 Å². The molecule has 1 aromatic rings. The molecule has 5 heteroatoms. The predicted octanol–water partition coefficient (Wildman–Crippen LogP) is 0.809. The van der Waals surface area contributed by atoms with Gasteiger partial charge in [-0.3, -0.25) is 19.4 Å². The Kier molecular flexibility index (Phi) is 3.31. The van der Waals surface area contributed by atoms with Crippen LogP contribution in [-0.4, -0.2) is 60.9 Å². The van der Waals surface area contributed by atoms with E-state index in [1.807, 2.05) is 24.3 Å². The summed E-state index contributed by atoms with van der Waals surface area (Å²) in [5.74, 6) is -0.0346. The molecule has 0 saturated carbocycles. The number of carbonyl (C=O) groups is 2. The standard InChI is InChI=1S/C15H19N3O2/c1-11(19)18-13-6-4-3-5-12(13)14(20)15(18)17-9-7-16(2)8-10-17/h3-6,15H,7-10H2,1-2H3. The SMILES string of the molecule is CC(=O)N1c2ccccc2C(=O)C1N1CCN(C)CC1. The molecule has 0 bridgehead atoms. The molecule has 1 amide bonds. The predicted molar refractivity (Wildman–Crippen MR) is 76.8 cm³/mol. The number of hydrogen-bond acceptors (Lipinski definition) is 4. The van der Waals surface area contributed by atoms with Crippen molar-refractivity contribution in [3.8, 4) is 0 Å². The van der Waals surface area contributed by atoms with Crippen molar-refractivity contribution in [1.82, 2.24) is 9.80 Å². The Labute approximate surface area is 118 Å². The van der Waals surface area contributed by atoms with Gasteiger partial charge in [0.05, 0.1) is 5.69 Å². The zero-order valence-electron chi connectivity index (χ0n) is 11.9. The smallest absolute Gasteiger partial charge is 0.225 e. The zero-order chi connectivity index (χ0) is 14.3. The van der Waals surface area contributed by atoms with Crippen molar-refractivity contribution < 1.29 is 9.59 Å². The lowest BCUT2D eigenvalue weighted by Gasteiger charge is -2.38. The van der Waals surface area contributed by atoms with Gasteiger partial charge >= 0.3 is 0 Å². The number of piperazine rings is 1. The Hall–Kier alpha value is -1.72. The fourth-order valence-electron chi connectivity index (χ4n) is 3.02. The number of nitrogens with zero attached hydrogens (tertiary/aromatic N) is 3. The summed E-state index contributed by atoms with van der Waals surface area (Å²) in [4.78, 5) is 30.6. The number of likely N-dealkylation sites (N-methyl/N-ethyl adjacent to an activating group) is 1. The van der Waals surface area contributed by atoms with E-state index in [2.05, 4.69) is 16.8 Å². The van der Waals surface area contributed by atoms with Gasteiger partial charge in [0.1, 0.15) is 0 Å². The Morgan fingerprint density at radius 3 is 2.45 bits per heavy atom. The summed E-state index contributed by atoms with van der Waals surface area (Å²) in [6.45, 7) is 4.99. The summed E-state index contributed by atoms with van der Waals surface area (Å²) < 4.78 is 0. The van der Waals surface area contributed by atoms with Gasteiger partial charge in [0.25, 0.3) is 0 Å². The van der Waals surface area contributed by atoms with E-state index in [0.717, 1.165) is 31.9 Å². The Morgan fingerprint density at radius 1 is 1.15 bits per heavy atom. The molecule has 1 fully saturated rings. The number of carbonyl (C=O) groups excluding carboxylic acids is 2. The molecule has 1 unspecified atom stereocenters. The van der Waals surface area contributed by atoms with E-state index in [1.54, 1.807) is 4.90 Å². The molecule has 20 heavy (non-hydrogen) atoms. The number of Topliss-reactive ketones (excluding diaryl/α,β-unsaturated/α-hetero) is 1. The van der Waals surface area contributed by atoms with Crippen molar-refractivity contribution in [3.63, 3.8) is 0 Å². The highest BCUT2D eigenvalue weighted by Gasteiger charge is 2.43. The topological polar surface area (TPSA) is 43.9 Å². The third-order valence-electron chi connectivity index (χ3n) is 4.13. The highest BCUT2D eigenvalue weighted by molar-refractivity contribution is 6.17. The summed E-state index contributed by atoms with van der Waals surface area (Å²) in [6.07, 6.45) is -0.460. The van der Waals surface area contributed by atoms with E-state index in [1.165, 1.54) is 6.92 Å². The first kappa shape index (κ1) is 13.3. The number of anilines is 1. The summed E-state index contributed by atoms with van der Waals surface area (Å²) in [7, 11) is 2.07. The largest absolute Gasteiger partial charge is 0.304 e. The number of benzene rings is 1. The van der Waals surface area contributed by atoms with Gasteiger partial charge < -0.3 is 4.90 Å². The number of hydrogen-bond donors (Lipinski definition) is 0. The summed E-state index contributed by atoms with van der Waals surface area (Å²) >= 11 is 0. The first-order valence-electron chi connectivity index (χ1n) is 6.95.